The summed E-state index contributed by atoms with van der Waals surface area (Å²) in [6, 6.07) is 7.41. The molecule has 0 unspecified atom stereocenters. The van der Waals surface area contributed by atoms with E-state index < -0.39 is 0 Å². The molecule has 1 aromatic rings. The van der Waals surface area contributed by atoms with Crippen LogP contribution in [-0.2, 0) is 6.54 Å². The van der Waals surface area contributed by atoms with Gasteiger partial charge in [-0.25, -0.2) is 0 Å². The third kappa shape index (κ3) is 3.92. The van der Waals surface area contributed by atoms with Crippen LogP contribution < -0.4 is 11.1 Å². The number of nitrogens with zero attached hydrogens (tertiary/aromatic N) is 1. The Labute approximate surface area is 99.4 Å². The molecule has 0 saturated heterocycles. The van der Waals surface area contributed by atoms with E-state index >= 15 is 0 Å². The SMILES string of the molecule is C=C(Cl)CNCc1cccc(/C(N)=N\O)c1. The third-order valence-corrected chi connectivity index (χ3v) is 2.11. The molecular formula is C11H14ClN3O. The number of oxime groups is 1. The Morgan fingerprint density at radius 2 is 2.31 bits per heavy atom. The van der Waals surface area contributed by atoms with Crippen LogP contribution >= 0.6 is 11.6 Å². The van der Waals surface area contributed by atoms with E-state index in [2.05, 4.69) is 17.1 Å². The second kappa shape index (κ2) is 6.15. The van der Waals surface area contributed by atoms with Crippen LogP contribution in [0.3, 0.4) is 0 Å². The molecular weight excluding hydrogens is 226 g/mol. The maximum atomic E-state index is 8.55. The quantitative estimate of drug-likeness (QED) is 0.317. The zero-order valence-corrected chi connectivity index (χ0v) is 9.54. The number of nitrogens with two attached hydrogens (primary N) is 1. The Bertz CT molecular complexity index is 404. The molecule has 0 atom stereocenters. The van der Waals surface area contributed by atoms with E-state index in [0.717, 1.165) is 5.56 Å². The Balaban J connectivity index is 2.64. The Morgan fingerprint density at radius 1 is 1.56 bits per heavy atom. The molecule has 0 heterocycles. The van der Waals surface area contributed by atoms with Gasteiger partial charge in [-0.05, 0) is 11.6 Å². The molecule has 1 aromatic carbocycles. The minimum absolute atomic E-state index is 0.101. The monoisotopic (exact) mass is 239 g/mol. The molecule has 0 radical (unpaired) electrons. The van der Waals surface area contributed by atoms with Crippen molar-refractivity contribution in [2.45, 2.75) is 6.54 Å². The van der Waals surface area contributed by atoms with Crippen LogP contribution in [-0.4, -0.2) is 17.6 Å². The molecule has 5 heteroatoms. The highest BCUT2D eigenvalue weighted by molar-refractivity contribution is 6.29. The van der Waals surface area contributed by atoms with Crippen molar-refractivity contribution in [2.24, 2.45) is 10.9 Å². The van der Waals surface area contributed by atoms with Crippen molar-refractivity contribution in [3.05, 3.63) is 47.0 Å². The molecule has 0 saturated carbocycles. The highest BCUT2D eigenvalue weighted by Crippen LogP contribution is 2.05. The zero-order valence-electron chi connectivity index (χ0n) is 8.78. The topological polar surface area (TPSA) is 70.6 Å². The van der Waals surface area contributed by atoms with Crippen LogP contribution in [0.1, 0.15) is 11.1 Å². The molecule has 4 nitrogen and oxygen atoms in total. The smallest absolute Gasteiger partial charge is 0.170 e. The van der Waals surface area contributed by atoms with E-state index in [9.17, 15) is 0 Å². The van der Waals surface area contributed by atoms with Crippen LogP contribution in [0, 0.1) is 0 Å². The van der Waals surface area contributed by atoms with Crippen molar-refractivity contribution in [1.29, 1.82) is 0 Å². The molecule has 4 N–H and O–H groups in total. The molecule has 0 aliphatic carbocycles. The first-order valence-electron chi connectivity index (χ1n) is 4.74. The standard InChI is InChI=1S/C11H14ClN3O/c1-8(12)6-14-7-9-3-2-4-10(5-9)11(13)15-16/h2-5,14,16H,1,6-7H2,(H2,13,15). The van der Waals surface area contributed by atoms with Crippen molar-refractivity contribution in [1.82, 2.24) is 5.32 Å². The highest BCUT2D eigenvalue weighted by Gasteiger charge is 2.00. The minimum Gasteiger partial charge on any atom is -0.409 e. The summed E-state index contributed by atoms with van der Waals surface area (Å²) >= 11 is 5.62. The van der Waals surface area contributed by atoms with E-state index in [1.165, 1.54) is 0 Å². The van der Waals surface area contributed by atoms with Crippen molar-refractivity contribution in [3.63, 3.8) is 0 Å². The van der Waals surface area contributed by atoms with Gasteiger partial charge in [-0.2, -0.15) is 0 Å². The summed E-state index contributed by atoms with van der Waals surface area (Å²) in [4.78, 5) is 0. The molecule has 0 aliphatic rings. The fraction of sp³-hybridized carbons (Fsp3) is 0.182. The number of rotatable bonds is 5. The van der Waals surface area contributed by atoms with E-state index in [-0.39, 0.29) is 5.84 Å². The lowest BCUT2D eigenvalue weighted by Gasteiger charge is -2.05. The molecule has 0 fully saturated rings. The van der Waals surface area contributed by atoms with Crippen LogP contribution in [0.2, 0.25) is 0 Å². The largest absolute Gasteiger partial charge is 0.409 e. The molecule has 86 valence electrons. The fourth-order valence-corrected chi connectivity index (χ4v) is 1.34. The average Bonchev–Trinajstić information content (AvgIpc) is 2.28. The predicted molar refractivity (Wildman–Crippen MR) is 65.7 cm³/mol. The lowest BCUT2D eigenvalue weighted by Crippen LogP contribution is -2.16. The first-order valence-corrected chi connectivity index (χ1v) is 5.12. The van der Waals surface area contributed by atoms with E-state index in [1.807, 2.05) is 18.2 Å². The molecule has 0 amide bonds. The zero-order chi connectivity index (χ0) is 12.0. The highest BCUT2D eigenvalue weighted by atomic mass is 35.5. The summed E-state index contributed by atoms with van der Waals surface area (Å²) in [5.41, 5.74) is 7.20. The average molecular weight is 240 g/mol. The van der Waals surface area contributed by atoms with Gasteiger partial charge in [0.2, 0.25) is 0 Å². The van der Waals surface area contributed by atoms with Gasteiger partial charge in [0, 0.05) is 23.7 Å². The summed E-state index contributed by atoms with van der Waals surface area (Å²) in [7, 11) is 0. The van der Waals surface area contributed by atoms with Gasteiger partial charge in [-0.15, -0.1) is 0 Å². The van der Waals surface area contributed by atoms with Gasteiger partial charge >= 0.3 is 0 Å². The fourth-order valence-electron chi connectivity index (χ4n) is 1.24. The predicted octanol–water partition coefficient (Wildman–Crippen LogP) is 1.62. The Hall–Kier alpha value is -1.52. The Morgan fingerprint density at radius 3 is 2.94 bits per heavy atom. The van der Waals surface area contributed by atoms with Crippen LogP contribution in [0.25, 0.3) is 0 Å². The number of amidine groups is 1. The second-order valence-corrected chi connectivity index (χ2v) is 3.84. The van der Waals surface area contributed by atoms with Crippen molar-refractivity contribution in [2.75, 3.05) is 6.54 Å². The first kappa shape index (κ1) is 12.5. The number of nitrogens with one attached hydrogen (secondary N) is 1. The van der Waals surface area contributed by atoms with E-state index in [4.69, 9.17) is 22.5 Å². The molecule has 0 bridgehead atoms. The van der Waals surface area contributed by atoms with Gasteiger partial charge < -0.3 is 16.3 Å². The summed E-state index contributed by atoms with van der Waals surface area (Å²) in [6.45, 7) is 4.78. The van der Waals surface area contributed by atoms with Crippen LogP contribution in [0.15, 0.2) is 41.0 Å². The normalized spacial score (nSPS) is 11.4. The number of benzene rings is 1. The van der Waals surface area contributed by atoms with Gasteiger partial charge in [0.05, 0.1) is 0 Å². The van der Waals surface area contributed by atoms with E-state index in [1.54, 1.807) is 6.07 Å². The lowest BCUT2D eigenvalue weighted by molar-refractivity contribution is 0.318. The number of hydrogen-bond acceptors (Lipinski definition) is 3. The van der Waals surface area contributed by atoms with Gasteiger partial charge in [0.15, 0.2) is 5.84 Å². The lowest BCUT2D eigenvalue weighted by atomic mass is 10.1. The first-order chi connectivity index (χ1) is 7.63. The van der Waals surface area contributed by atoms with Crippen LogP contribution in [0.4, 0.5) is 0 Å². The number of halogens is 1. The van der Waals surface area contributed by atoms with Crippen molar-refractivity contribution >= 4 is 17.4 Å². The molecule has 0 aromatic heterocycles. The number of hydrogen-bond donors (Lipinski definition) is 3. The maximum absolute atomic E-state index is 8.55. The summed E-state index contributed by atoms with van der Waals surface area (Å²) in [5.74, 6) is 0.101. The maximum Gasteiger partial charge on any atom is 0.170 e. The minimum atomic E-state index is 0.101. The molecule has 0 aliphatic heterocycles. The Kier molecular flexibility index (Phi) is 4.82. The second-order valence-electron chi connectivity index (χ2n) is 3.31. The van der Waals surface area contributed by atoms with Crippen molar-refractivity contribution < 1.29 is 5.21 Å². The van der Waals surface area contributed by atoms with Crippen molar-refractivity contribution in [3.8, 4) is 0 Å². The van der Waals surface area contributed by atoms with Gasteiger partial charge in [-0.3, -0.25) is 0 Å². The van der Waals surface area contributed by atoms with Crippen LogP contribution in [0.5, 0.6) is 0 Å². The van der Waals surface area contributed by atoms with Gasteiger partial charge in [0.1, 0.15) is 0 Å². The summed E-state index contributed by atoms with van der Waals surface area (Å²) in [6.07, 6.45) is 0. The molecule has 1 rings (SSSR count). The summed E-state index contributed by atoms with van der Waals surface area (Å²) in [5, 5.41) is 15.2. The van der Waals surface area contributed by atoms with Gasteiger partial charge in [-0.1, -0.05) is 41.5 Å². The van der Waals surface area contributed by atoms with E-state index in [0.29, 0.717) is 23.7 Å². The molecule has 16 heavy (non-hydrogen) atoms. The van der Waals surface area contributed by atoms with Gasteiger partial charge in [0.25, 0.3) is 0 Å². The molecule has 0 spiro atoms. The summed E-state index contributed by atoms with van der Waals surface area (Å²) < 4.78 is 0. The third-order valence-electron chi connectivity index (χ3n) is 1.98.